The van der Waals surface area contributed by atoms with Crippen molar-refractivity contribution in [2.75, 3.05) is 7.11 Å². The van der Waals surface area contributed by atoms with Crippen LogP contribution in [0.25, 0.3) is 0 Å². The molecule has 0 fully saturated rings. The highest BCUT2D eigenvalue weighted by molar-refractivity contribution is 5.73. The van der Waals surface area contributed by atoms with Crippen LogP contribution in [0.1, 0.15) is 25.0 Å². The fourth-order valence-electron chi connectivity index (χ4n) is 2.28. The molecule has 0 aliphatic heterocycles. The highest BCUT2D eigenvalue weighted by Gasteiger charge is 2.11. The van der Waals surface area contributed by atoms with Crippen LogP contribution in [0.4, 0.5) is 11.4 Å². The summed E-state index contributed by atoms with van der Waals surface area (Å²) >= 11 is 0. The molecule has 0 atom stereocenters. The van der Waals surface area contributed by atoms with Crippen LogP contribution >= 0.6 is 0 Å². The van der Waals surface area contributed by atoms with E-state index in [1.165, 1.54) is 57.4 Å². The molecule has 0 saturated carbocycles. The highest BCUT2D eigenvalue weighted by atomic mass is 16.6. The summed E-state index contributed by atoms with van der Waals surface area (Å²) in [5.41, 5.74) is 0.751. The number of nitro groups is 2. The molecular formula is C19H22N4O8. The first-order valence-corrected chi connectivity index (χ1v) is 8.81. The highest BCUT2D eigenvalue weighted by Crippen LogP contribution is 2.24. The number of nitro benzene ring substituents is 2. The van der Waals surface area contributed by atoms with Gasteiger partial charge in [0.2, 0.25) is 11.8 Å². The van der Waals surface area contributed by atoms with Gasteiger partial charge >= 0.3 is 0 Å². The predicted molar refractivity (Wildman–Crippen MR) is 109 cm³/mol. The van der Waals surface area contributed by atoms with Crippen molar-refractivity contribution < 1.29 is 29.3 Å². The standard InChI is InChI=1S/C10H12N2O4.C9H10N2O4/c1-7(13)11-6-8-5-9(12(14)15)3-4-10(8)16-2;1-6(12)10-5-7-4-8(11(14)15)2-3-9(7)13/h3-5H,6H2,1-2H3,(H,11,13);2-4,13H,5H2,1H3,(H,10,12). The minimum Gasteiger partial charge on any atom is -0.508 e. The second kappa shape index (κ2) is 11.7. The average molecular weight is 434 g/mol. The first-order valence-electron chi connectivity index (χ1n) is 8.81. The average Bonchev–Trinajstić information content (AvgIpc) is 2.71. The van der Waals surface area contributed by atoms with Crippen molar-refractivity contribution in [2.45, 2.75) is 26.9 Å². The van der Waals surface area contributed by atoms with E-state index in [1.807, 2.05) is 0 Å². The summed E-state index contributed by atoms with van der Waals surface area (Å²) in [4.78, 5) is 41.3. The first kappa shape index (κ1) is 24.8. The maximum Gasteiger partial charge on any atom is 0.270 e. The number of hydrogen-bond donors (Lipinski definition) is 3. The summed E-state index contributed by atoms with van der Waals surface area (Å²) in [6.45, 7) is 2.99. The Balaban J connectivity index is 0.000000311. The lowest BCUT2D eigenvalue weighted by Crippen LogP contribution is -2.19. The number of ether oxygens (including phenoxy) is 1. The molecule has 3 N–H and O–H groups in total. The Bertz CT molecular complexity index is 977. The van der Waals surface area contributed by atoms with E-state index in [4.69, 9.17) is 4.74 Å². The van der Waals surface area contributed by atoms with Gasteiger partial charge in [-0.15, -0.1) is 0 Å². The Labute approximate surface area is 177 Å². The number of nitrogens with zero attached hydrogens (tertiary/aromatic N) is 2. The van der Waals surface area contributed by atoms with Crippen LogP contribution in [-0.2, 0) is 22.7 Å². The third-order valence-corrected chi connectivity index (χ3v) is 3.80. The summed E-state index contributed by atoms with van der Waals surface area (Å²) < 4.78 is 5.04. The molecule has 2 aromatic rings. The van der Waals surface area contributed by atoms with Gasteiger partial charge in [-0.3, -0.25) is 29.8 Å². The lowest BCUT2D eigenvalue weighted by molar-refractivity contribution is -0.385. The first-order chi connectivity index (χ1) is 14.5. The van der Waals surface area contributed by atoms with Crippen LogP contribution in [-0.4, -0.2) is 33.9 Å². The summed E-state index contributed by atoms with van der Waals surface area (Å²) in [5, 5.41) is 35.4. The molecule has 31 heavy (non-hydrogen) atoms. The Morgan fingerprint density at radius 2 is 1.35 bits per heavy atom. The van der Waals surface area contributed by atoms with E-state index in [0.29, 0.717) is 16.9 Å². The van der Waals surface area contributed by atoms with Crippen molar-refractivity contribution in [1.29, 1.82) is 0 Å². The van der Waals surface area contributed by atoms with Gasteiger partial charge in [-0.2, -0.15) is 0 Å². The molecule has 0 saturated heterocycles. The number of non-ortho nitro benzene ring substituents is 2. The van der Waals surface area contributed by atoms with Gasteiger partial charge in [-0.25, -0.2) is 0 Å². The molecule has 0 bridgehead atoms. The largest absolute Gasteiger partial charge is 0.508 e. The van der Waals surface area contributed by atoms with E-state index < -0.39 is 9.85 Å². The van der Waals surface area contributed by atoms with Gasteiger partial charge in [0, 0.05) is 62.3 Å². The molecule has 12 heteroatoms. The van der Waals surface area contributed by atoms with E-state index in [1.54, 1.807) is 0 Å². The Hall–Kier alpha value is -4.22. The summed E-state index contributed by atoms with van der Waals surface area (Å²) in [7, 11) is 1.47. The number of phenolic OH excluding ortho intramolecular Hbond substituents is 1. The molecule has 2 amide bonds. The fourth-order valence-corrected chi connectivity index (χ4v) is 2.28. The van der Waals surface area contributed by atoms with Gasteiger partial charge in [-0.1, -0.05) is 0 Å². The van der Waals surface area contributed by atoms with Crippen molar-refractivity contribution in [2.24, 2.45) is 0 Å². The fraction of sp³-hybridized carbons (Fsp3) is 0.263. The SMILES string of the molecule is CC(=O)NCc1cc([N+](=O)[O-])ccc1O.COc1ccc([N+](=O)[O-])cc1CNC(C)=O. The molecule has 0 aromatic heterocycles. The van der Waals surface area contributed by atoms with E-state index in [0.717, 1.165) is 0 Å². The van der Waals surface area contributed by atoms with Crippen molar-refractivity contribution in [3.05, 3.63) is 67.8 Å². The molecule has 0 unspecified atom stereocenters. The van der Waals surface area contributed by atoms with Gasteiger partial charge in [0.25, 0.3) is 11.4 Å². The minimum atomic E-state index is -0.559. The maximum absolute atomic E-state index is 10.7. The molecule has 2 aromatic carbocycles. The van der Waals surface area contributed by atoms with Crippen molar-refractivity contribution in [1.82, 2.24) is 10.6 Å². The monoisotopic (exact) mass is 434 g/mol. The lowest BCUT2D eigenvalue weighted by atomic mass is 10.1. The molecule has 12 nitrogen and oxygen atoms in total. The number of hydrogen-bond acceptors (Lipinski definition) is 8. The molecule has 166 valence electrons. The van der Waals surface area contributed by atoms with Gasteiger partial charge in [-0.05, 0) is 12.1 Å². The molecule has 0 aliphatic rings. The van der Waals surface area contributed by atoms with E-state index in [9.17, 15) is 34.9 Å². The third kappa shape index (κ3) is 8.35. The van der Waals surface area contributed by atoms with Crippen LogP contribution in [0.2, 0.25) is 0 Å². The molecule has 0 heterocycles. The number of rotatable bonds is 7. The second-order valence-corrected chi connectivity index (χ2v) is 6.14. The molecule has 2 rings (SSSR count). The number of amides is 2. The number of benzene rings is 2. The third-order valence-electron chi connectivity index (χ3n) is 3.80. The van der Waals surface area contributed by atoms with E-state index >= 15 is 0 Å². The van der Waals surface area contributed by atoms with Crippen LogP contribution in [0.15, 0.2) is 36.4 Å². The number of nitrogens with one attached hydrogen (secondary N) is 2. The van der Waals surface area contributed by atoms with Crippen LogP contribution in [0.5, 0.6) is 11.5 Å². The zero-order chi connectivity index (χ0) is 23.6. The molecule has 0 radical (unpaired) electrons. The zero-order valence-corrected chi connectivity index (χ0v) is 17.1. The Morgan fingerprint density at radius 3 is 1.81 bits per heavy atom. The van der Waals surface area contributed by atoms with E-state index in [2.05, 4.69) is 10.6 Å². The number of methoxy groups -OCH3 is 1. The number of carbonyl (C=O) groups is 2. The smallest absolute Gasteiger partial charge is 0.270 e. The van der Waals surface area contributed by atoms with Crippen molar-refractivity contribution in [3.63, 3.8) is 0 Å². The van der Waals surface area contributed by atoms with Gasteiger partial charge in [0.1, 0.15) is 11.5 Å². The van der Waals surface area contributed by atoms with Gasteiger partial charge < -0.3 is 20.5 Å². The number of aromatic hydroxyl groups is 1. The molecule has 0 aliphatic carbocycles. The number of phenols is 1. The zero-order valence-electron chi connectivity index (χ0n) is 17.1. The summed E-state index contributed by atoms with van der Waals surface area (Å²) in [5.74, 6) is -0.0248. The van der Waals surface area contributed by atoms with Gasteiger partial charge in [0.15, 0.2) is 0 Å². The van der Waals surface area contributed by atoms with Crippen molar-refractivity contribution in [3.8, 4) is 11.5 Å². The second-order valence-electron chi connectivity index (χ2n) is 6.14. The summed E-state index contributed by atoms with van der Waals surface area (Å²) in [6.07, 6.45) is 0. The quantitative estimate of drug-likeness (QED) is 0.439. The Morgan fingerprint density at radius 1 is 0.903 bits per heavy atom. The summed E-state index contributed by atoms with van der Waals surface area (Å²) in [6, 6.07) is 7.91. The normalized spacial score (nSPS) is 9.65. The molecular weight excluding hydrogens is 412 g/mol. The molecule has 0 spiro atoms. The van der Waals surface area contributed by atoms with Gasteiger partial charge in [0.05, 0.1) is 17.0 Å². The number of carbonyl (C=O) groups excluding carboxylic acids is 2. The van der Waals surface area contributed by atoms with E-state index in [-0.39, 0.29) is 42.0 Å². The minimum absolute atomic E-state index is 0.0267. The van der Waals surface area contributed by atoms with Crippen LogP contribution < -0.4 is 15.4 Å². The van der Waals surface area contributed by atoms with Crippen LogP contribution in [0.3, 0.4) is 0 Å². The van der Waals surface area contributed by atoms with Crippen molar-refractivity contribution >= 4 is 23.2 Å². The Kier molecular flexibility index (Phi) is 9.37. The maximum atomic E-state index is 10.7. The predicted octanol–water partition coefficient (Wildman–Crippen LogP) is 2.18. The van der Waals surface area contributed by atoms with Crippen LogP contribution in [0, 0.1) is 20.2 Å². The topological polar surface area (TPSA) is 174 Å². The lowest BCUT2D eigenvalue weighted by Gasteiger charge is -2.08.